The molecule has 0 aliphatic rings. The van der Waals surface area contributed by atoms with Gasteiger partial charge in [0.05, 0.1) is 4.90 Å². The maximum atomic E-state index is 12.4. The Labute approximate surface area is 162 Å². The molecular weight excluding hydrogens is 360 g/mol. The average molecular weight is 389 g/mol. The Morgan fingerprint density at radius 2 is 1.63 bits per heavy atom. The summed E-state index contributed by atoms with van der Waals surface area (Å²) in [5.74, 6) is -0.0392. The van der Waals surface area contributed by atoms with Gasteiger partial charge < -0.3 is 5.32 Å². The Hall–Kier alpha value is -2.18. The van der Waals surface area contributed by atoms with E-state index in [2.05, 4.69) is 17.0 Å². The lowest BCUT2D eigenvalue weighted by Gasteiger charge is -2.09. The molecule has 2 rings (SSSR count). The quantitative estimate of drug-likeness (QED) is 0.569. The van der Waals surface area contributed by atoms with Gasteiger partial charge in [-0.15, -0.1) is 0 Å². The van der Waals surface area contributed by atoms with Crippen LogP contribution in [-0.4, -0.2) is 20.9 Å². The normalized spacial score (nSPS) is 11.3. The molecule has 0 aromatic heterocycles. The zero-order valence-electron chi connectivity index (χ0n) is 15.8. The Kier molecular flexibility index (Phi) is 8.48. The minimum Gasteiger partial charge on any atom is -0.326 e. The van der Waals surface area contributed by atoms with Crippen molar-refractivity contribution in [3.05, 3.63) is 60.2 Å². The lowest BCUT2D eigenvalue weighted by atomic mass is 10.1. The summed E-state index contributed by atoms with van der Waals surface area (Å²) in [6.07, 6.45) is 5.31. The Morgan fingerprint density at radius 3 is 2.30 bits per heavy atom. The molecule has 0 unspecified atom stereocenters. The number of rotatable bonds is 11. The molecule has 2 aromatic rings. The second-order valence-electron chi connectivity index (χ2n) is 6.52. The van der Waals surface area contributed by atoms with Crippen molar-refractivity contribution in [3.8, 4) is 0 Å². The SMILES string of the molecule is CCCCCCC(=O)Nc1ccc(S(=O)(=O)NCCc2ccccc2)cc1. The summed E-state index contributed by atoms with van der Waals surface area (Å²) < 4.78 is 27.3. The number of benzene rings is 2. The van der Waals surface area contributed by atoms with Gasteiger partial charge in [-0.2, -0.15) is 0 Å². The summed E-state index contributed by atoms with van der Waals surface area (Å²) in [7, 11) is -3.56. The first-order valence-corrected chi connectivity index (χ1v) is 10.9. The Balaban J connectivity index is 1.83. The smallest absolute Gasteiger partial charge is 0.240 e. The zero-order valence-corrected chi connectivity index (χ0v) is 16.6. The predicted octanol–water partition coefficient (Wildman–Crippen LogP) is 4.12. The Morgan fingerprint density at radius 1 is 0.926 bits per heavy atom. The van der Waals surface area contributed by atoms with Crippen LogP contribution in [0.5, 0.6) is 0 Å². The fourth-order valence-corrected chi connectivity index (χ4v) is 3.74. The number of hydrogen-bond acceptors (Lipinski definition) is 3. The summed E-state index contributed by atoms with van der Waals surface area (Å²) in [5.41, 5.74) is 1.69. The first-order chi connectivity index (χ1) is 13.0. The van der Waals surface area contributed by atoms with E-state index in [9.17, 15) is 13.2 Å². The highest BCUT2D eigenvalue weighted by atomic mass is 32.2. The number of amides is 1. The molecule has 0 radical (unpaired) electrons. The number of hydrogen-bond donors (Lipinski definition) is 2. The van der Waals surface area contributed by atoms with Gasteiger partial charge in [-0.1, -0.05) is 56.5 Å². The third kappa shape index (κ3) is 7.53. The standard InChI is InChI=1S/C21H28N2O3S/c1-2-3-4-8-11-21(24)23-19-12-14-20(15-13-19)27(25,26)22-17-16-18-9-6-5-7-10-18/h5-7,9-10,12-15,22H,2-4,8,11,16-17H2,1H3,(H,23,24). The summed E-state index contributed by atoms with van der Waals surface area (Å²) in [6.45, 7) is 2.47. The molecule has 6 heteroatoms. The first-order valence-electron chi connectivity index (χ1n) is 9.45. The van der Waals surface area contributed by atoms with Crippen molar-refractivity contribution in [2.45, 2.75) is 50.3 Å². The van der Waals surface area contributed by atoms with Crippen LogP contribution in [0, 0.1) is 0 Å². The molecule has 0 bridgehead atoms. The van der Waals surface area contributed by atoms with Crippen LogP contribution in [0.15, 0.2) is 59.5 Å². The van der Waals surface area contributed by atoms with E-state index in [1.807, 2.05) is 30.3 Å². The van der Waals surface area contributed by atoms with Crippen molar-refractivity contribution in [1.82, 2.24) is 4.72 Å². The van der Waals surface area contributed by atoms with E-state index in [1.165, 1.54) is 12.1 Å². The molecule has 27 heavy (non-hydrogen) atoms. The van der Waals surface area contributed by atoms with Crippen LogP contribution in [0.4, 0.5) is 5.69 Å². The third-order valence-corrected chi connectivity index (χ3v) is 5.73. The number of sulfonamides is 1. The highest BCUT2D eigenvalue weighted by Gasteiger charge is 2.13. The van der Waals surface area contributed by atoms with Crippen LogP contribution in [0.2, 0.25) is 0 Å². The minimum atomic E-state index is -3.56. The maximum Gasteiger partial charge on any atom is 0.240 e. The van der Waals surface area contributed by atoms with Gasteiger partial charge in [0.25, 0.3) is 0 Å². The van der Waals surface area contributed by atoms with Crippen molar-refractivity contribution in [1.29, 1.82) is 0 Å². The number of carbonyl (C=O) groups is 1. The van der Waals surface area contributed by atoms with Crippen LogP contribution in [0.1, 0.15) is 44.6 Å². The summed E-state index contributed by atoms with van der Waals surface area (Å²) in [4.78, 5) is 12.1. The molecule has 2 N–H and O–H groups in total. The molecular formula is C21H28N2O3S. The van der Waals surface area contributed by atoms with Gasteiger partial charge in [-0.3, -0.25) is 4.79 Å². The van der Waals surface area contributed by atoms with Crippen LogP contribution in [0.25, 0.3) is 0 Å². The fourth-order valence-electron chi connectivity index (χ4n) is 2.71. The fraction of sp³-hybridized carbons (Fsp3) is 0.381. The molecule has 0 fully saturated rings. The van der Waals surface area contributed by atoms with Crippen molar-refractivity contribution in [3.63, 3.8) is 0 Å². The number of nitrogens with one attached hydrogen (secondary N) is 2. The topological polar surface area (TPSA) is 75.3 Å². The van der Waals surface area contributed by atoms with E-state index in [-0.39, 0.29) is 10.8 Å². The third-order valence-electron chi connectivity index (χ3n) is 4.25. The van der Waals surface area contributed by atoms with Crippen molar-refractivity contribution in [2.24, 2.45) is 0 Å². The molecule has 2 aromatic carbocycles. The van der Waals surface area contributed by atoms with Gasteiger partial charge in [0, 0.05) is 18.7 Å². The van der Waals surface area contributed by atoms with Crippen LogP contribution >= 0.6 is 0 Å². The van der Waals surface area contributed by atoms with Crippen LogP contribution in [-0.2, 0) is 21.2 Å². The number of anilines is 1. The van der Waals surface area contributed by atoms with Gasteiger partial charge in [0.15, 0.2) is 0 Å². The second kappa shape index (κ2) is 10.8. The van der Waals surface area contributed by atoms with Crippen LogP contribution in [0.3, 0.4) is 0 Å². The molecule has 0 spiro atoms. The molecule has 0 atom stereocenters. The predicted molar refractivity (Wildman–Crippen MR) is 109 cm³/mol. The van der Waals surface area contributed by atoms with Crippen molar-refractivity contribution < 1.29 is 13.2 Å². The molecule has 0 saturated heterocycles. The molecule has 0 aliphatic carbocycles. The molecule has 0 aliphatic heterocycles. The highest BCUT2D eigenvalue weighted by molar-refractivity contribution is 7.89. The molecule has 146 valence electrons. The lowest BCUT2D eigenvalue weighted by molar-refractivity contribution is -0.116. The number of unbranched alkanes of at least 4 members (excludes halogenated alkanes) is 3. The van der Waals surface area contributed by atoms with Crippen molar-refractivity contribution >= 4 is 21.6 Å². The summed E-state index contributed by atoms with van der Waals surface area (Å²) in [6, 6.07) is 16.0. The molecule has 1 amide bonds. The molecule has 0 heterocycles. The second-order valence-corrected chi connectivity index (χ2v) is 8.28. The lowest BCUT2D eigenvalue weighted by Crippen LogP contribution is -2.26. The van der Waals surface area contributed by atoms with Gasteiger partial charge in [0.1, 0.15) is 0 Å². The van der Waals surface area contributed by atoms with E-state index < -0.39 is 10.0 Å². The van der Waals surface area contributed by atoms with Gasteiger partial charge in [-0.05, 0) is 42.7 Å². The average Bonchev–Trinajstić information content (AvgIpc) is 2.66. The zero-order chi connectivity index (χ0) is 19.5. The monoisotopic (exact) mass is 388 g/mol. The Bertz CT molecular complexity index is 803. The van der Waals surface area contributed by atoms with E-state index in [0.29, 0.717) is 25.1 Å². The van der Waals surface area contributed by atoms with Gasteiger partial charge >= 0.3 is 0 Å². The van der Waals surface area contributed by atoms with E-state index >= 15 is 0 Å². The largest absolute Gasteiger partial charge is 0.326 e. The minimum absolute atomic E-state index is 0.0392. The van der Waals surface area contributed by atoms with Gasteiger partial charge in [0.2, 0.25) is 15.9 Å². The van der Waals surface area contributed by atoms with Crippen LogP contribution < -0.4 is 10.0 Å². The number of carbonyl (C=O) groups excluding carboxylic acids is 1. The summed E-state index contributed by atoms with van der Waals surface area (Å²) >= 11 is 0. The highest BCUT2D eigenvalue weighted by Crippen LogP contribution is 2.15. The van der Waals surface area contributed by atoms with E-state index in [4.69, 9.17) is 0 Å². The molecule has 0 saturated carbocycles. The van der Waals surface area contributed by atoms with Crippen molar-refractivity contribution in [2.75, 3.05) is 11.9 Å². The maximum absolute atomic E-state index is 12.4. The molecule has 5 nitrogen and oxygen atoms in total. The van der Waals surface area contributed by atoms with Gasteiger partial charge in [-0.25, -0.2) is 13.1 Å². The summed E-state index contributed by atoms with van der Waals surface area (Å²) in [5, 5.41) is 2.81. The van der Waals surface area contributed by atoms with E-state index in [0.717, 1.165) is 31.2 Å². The van der Waals surface area contributed by atoms with E-state index in [1.54, 1.807) is 12.1 Å². The first kappa shape index (κ1) is 21.1.